The summed E-state index contributed by atoms with van der Waals surface area (Å²) >= 11 is 0. The van der Waals surface area contributed by atoms with E-state index in [1.807, 2.05) is 13.8 Å². The van der Waals surface area contributed by atoms with Gasteiger partial charge in [-0.25, -0.2) is 4.98 Å². The maximum atomic E-state index is 11.7. The van der Waals surface area contributed by atoms with Gasteiger partial charge >= 0.3 is 0 Å². The van der Waals surface area contributed by atoms with E-state index in [-0.39, 0.29) is 11.9 Å². The molecule has 5 nitrogen and oxygen atoms in total. The Morgan fingerprint density at radius 2 is 2.39 bits per heavy atom. The fourth-order valence-electron chi connectivity index (χ4n) is 1.53. The lowest BCUT2D eigenvalue weighted by Crippen LogP contribution is -2.17. The first kappa shape index (κ1) is 14.4. The molecule has 0 aromatic carbocycles. The summed E-state index contributed by atoms with van der Waals surface area (Å²) in [5.41, 5.74) is 6.25. The zero-order valence-electron chi connectivity index (χ0n) is 11.0. The van der Waals surface area contributed by atoms with E-state index in [4.69, 9.17) is 10.5 Å². The lowest BCUT2D eigenvalue weighted by molar-refractivity contribution is -0.116. The van der Waals surface area contributed by atoms with Crippen LogP contribution in [0.2, 0.25) is 0 Å². The van der Waals surface area contributed by atoms with Gasteiger partial charge in [-0.2, -0.15) is 0 Å². The van der Waals surface area contributed by atoms with Gasteiger partial charge in [-0.3, -0.25) is 4.79 Å². The highest BCUT2D eigenvalue weighted by Crippen LogP contribution is 2.20. The molecular formula is C13H21N3O2. The molecule has 5 heteroatoms. The van der Waals surface area contributed by atoms with Crippen molar-refractivity contribution in [3.63, 3.8) is 0 Å². The molecule has 1 heterocycles. The Bertz CT molecular complexity index is 380. The predicted octanol–water partition coefficient (Wildman–Crippen LogP) is 1.94. The summed E-state index contributed by atoms with van der Waals surface area (Å²) < 4.78 is 5.33. The van der Waals surface area contributed by atoms with E-state index in [1.165, 1.54) is 0 Å². The molecular weight excluding hydrogens is 230 g/mol. The smallest absolute Gasteiger partial charge is 0.237 e. The zero-order valence-corrected chi connectivity index (χ0v) is 11.0. The third kappa shape index (κ3) is 5.14. The molecule has 0 aliphatic heterocycles. The maximum Gasteiger partial charge on any atom is 0.237 e. The number of ether oxygens (including phenoxy) is 1. The van der Waals surface area contributed by atoms with Gasteiger partial charge in [0.15, 0.2) is 0 Å². The number of anilines is 1. The number of nitrogens with one attached hydrogen (secondary N) is 1. The first-order valence-electron chi connectivity index (χ1n) is 6.26. The van der Waals surface area contributed by atoms with E-state index in [1.54, 1.807) is 18.3 Å². The van der Waals surface area contributed by atoms with Gasteiger partial charge in [0, 0.05) is 18.7 Å². The van der Waals surface area contributed by atoms with Gasteiger partial charge in [0.25, 0.3) is 0 Å². The minimum atomic E-state index is -0.0374. The van der Waals surface area contributed by atoms with Crippen LogP contribution in [-0.4, -0.2) is 23.5 Å². The van der Waals surface area contributed by atoms with Crippen molar-refractivity contribution in [2.75, 3.05) is 11.9 Å². The van der Waals surface area contributed by atoms with Crippen LogP contribution in [0.3, 0.4) is 0 Å². The first-order valence-corrected chi connectivity index (χ1v) is 6.26. The molecule has 1 atom stereocenters. The number of pyridine rings is 1. The number of nitrogens with two attached hydrogens (primary N) is 1. The fraction of sp³-hybridized carbons (Fsp3) is 0.538. The second-order valence-corrected chi connectivity index (χ2v) is 4.21. The van der Waals surface area contributed by atoms with Crippen LogP contribution < -0.4 is 15.8 Å². The van der Waals surface area contributed by atoms with Crippen molar-refractivity contribution in [3.05, 3.63) is 18.3 Å². The van der Waals surface area contributed by atoms with E-state index < -0.39 is 0 Å². The number of carbonyl (C=O) groups is 1. The van der Waals surface area contributed by atoms with Gasteiger partial charge in [0.1, 0.15) is 5.69 Å². The Morgan fingerprint density at radius 3 is 3.06 bits per heavy atom. The molecule has 0 aliphatic carbocycles. The minimum Gasteiger partial charge on any atom is -0.476 e. The quantitative estimate of drug-likeness (QED) is 0.776. The average Bonchev–Trinajstić information content (AvgIpc) is 2.31. The topological polar surface area (TPSA) is 77.2 Å². The van der Waals surface area contributed by atoms with E-state index in [9.17, 15) is 4.79 Å². The maximum absolute atomic E-state index is 11.7. The molecule has 0 saturated carbocycles. The van der Waals surface area contributed by atoms with Gasteiger partial charge in [-0.15, -0.1) is 0 Å². The molecule has 0 fully saturated rings. The molecule has 1 rings (SSSR count). The van der Waals surface area contributed by atoms with Crippen LogP contribution >= 0.6 is 0 Å². The molecule has 1 aromatic heterocycles. The van der Waals surface area contributed by atoms with Crippen molar-refractivity contribution in [3.8, 4) is 5.88 Å². The van der Waals surface area contributed by atoms with Gasteiger partial charge in [-0.1, -0.05) is 0 Å². The van der Waals surface area contributed by atoms with Crippen molar-refractivity contribution < 1.29 is 9.53 Å². The van der Waals surface area contributed by atoms with Gasteiger partial charge in [-0.05, 0) is 38.8 Å². The first-order chi connectivity index (χ1) is 8.63. The van der Waals surface area contributed by atoms with Crippen LogP contribution in [0.25, 0.3) is 0 Å². The summed E-state index contributed by atoms with van der Waals surface area (Å²) in [7, 11) is 0. The van der Waals surface area contributed by atoms with E-state index in [2.05, 4.69) is 10.3 Å². The highest BCUT2D eigenvalue weighted by molar-refractivity contribution is 5.91. The molecule has 18 heavy (non-hydrogen) atoms. The Hall–Kier alpha value is -1.62. The second kappa shape index (κ2) is 7.66. The van der Waals surface area contributed by atoms with Crippen LogP contribution in [0.4, 0.5) is 5.69 Å². The Kier molecular flexibility index (Phi) is 6.14. The summed E-state index contributed by atoms with van der Waals surface area (Å²) in [5.74, 6) is 0.421. The molecule has 0 spiro atoms. The van der Waals surface area contributed by atoms with Crippen molar-refractivity contribution in [2.24, 2.45) is 5.73 Å². The van der Waals surface area contributed by atoms with Gasteiger partial charge in [0.2, 0.25) is 11.8 Å². The molecule has 0 radical (unpaired) electrons. The molecule has 0 aliphatic rings. The highest BCUT2D eigenvalue weighted by atomic mass is 16.5. The van der Waals surface area contributed by atoms with Crippen molar-refractivity contribution in [1.82, 2.24) is 4.98 Å². The third-order valence-electron chi connectivity index (χ3n) is 2.39. The van der Waals surface area contributed by atoms with E-state index >= 15 is 0 Å². The van der Waals surface area contributed by atoms with Crippen LogP contribution in [0.15, 0.2) is 18.3 Å². The van der Waals surface area contributed by atoms with Crippen molar-refractivity contribution in [1.29, 1.82) is 0 Å². The number of hydrogen-bond donors (Lipinski definition) is 2. The van der Waals surface area contributed by atoms with E-state index in [0.29, 0.717) is 24.6 Å². The molecule has 100 valence electrons. The summed E-state index contributed by atoms with van der Waals surface area (Å²) in [6.07, 6.45) is 3.73. The Balaban J connectivity index is 2.48. The number of hydrogen-bond acceptors (Lipinski definition) is 4. The average molecular weight is 251 g/mol. The lowest BCUT2D eigenvalue weighted by atomic mass is 10.1. The number of rotatable bonds is 7. The van der Waals surface area contributed by atoms with Gasteiger partial charge in [0.05, 0.1) is 6.61 Å². The van der Waals surface area contributed by atoms with Crippen molar-refractivity contribution in [2.45, 2.75) is 39.2 Å². The standard InChI is InChI=1S/C13H21N3O2/c1-3-18-13-11(7-5-9-15-13)16-12(17)8-4-6-10(2)14/h5,7,9-10H,3-4,6,8,14H2,1-2H3,(H,16,17). The van der Waals surface area contributed by atoms with Crippen molar-refractivity contribution >= 4 is 11.6 Å². The Morgan fingerprint density at radius 1 is 1.61 bits per heavy atom. The number of amides is 1. The number of carbonyl (C=O) groups excluding carboxylic acids is 1. The summed E-state index contributed by atoms with van der Waals surface area (Å²) in [5, 5.41) is 2.80. The molecule has 3 N–H and O–H groups in total. The fourth-order valence-corrected chi connectivity index (χ4v) is 1.53. The lowest BCUT2D eigenvalue weighted by Gasteiger charge is -2.10. The molecule has 0 saturated heterocycles. The summed E-state index contributed by atoms with van der Waals surface area (Å²) in [4.78, 5) is 15.8. The number of nitrogens with zero attached hydrogens (tertiary/aromatic N) is 1. The molecule has 1 aromatic rings. The second-order valence-electron chi connectivity index (χ2n) is 4.21. The third-order valence-corrected chi connectivity index (χ3v) is 2.39. The van der Waals surface area contributed by atoms with Gasteiger partial charge < -0.3 is 15.8 Å². The van der Waals surface area contributed by atoms with Crippen LogP contribution in [0.1, 0.15) is 33.1 Å². The SMILES string of the molecule is CCOc1ncccc1NC(=O)CCCC(C)N. The summed E-state index contributed by atoms with van der Waals surface area (Å²) in [6, 6.07) is 3.68. The zero-order chi connectivity index (χ0) is 13.4. The largest absolute Gasteiger partial charge is 0.476 e. The van der Waals surface area contributed by atoms with Crippen LogP contribution in [0, 0.1) is 0 Å². The van der Waals surface area contributed by atoms with E-state index in [0.717, 1.165) is 12.8 Å². The number of aromatic nitrogens is 1. The van der Waals surface area contributed by atoms with Crippen LogP contribution in [0.5, 0.6) is 5.88 Å². The molecule has 1 amide bonds. The molecule has 0 bridgehead atoms. The monoisotopic (exact) mass is 251 g/mol. The predicted molar refractivity (Wildman–Crippen MR) is 71.5 cm³/mol. The minimum absolute atomic E-state index is 0.0374. The van der Waals surface area contributed by atoms with Crippen LogP contribution in [-0.2, 0) is 4.79 Å². The Labute approximate surface area is 108 Å². The normalized spacial score (nSPS) is 11.9. The summed E-state index contributed by atoms with van der Waals surface area (Å²) in [6.45, 7) is 4.33. The molecule has 1 unspecified atom stereocenters. The highest BCUT2D eigenvalue weighted by Gasteiger charge is 2.08.